The zero-order valence-electron chi connectivity index (χ0n) is 11.5. The van der Waals surface area contributed by atoms with Crippen LogP contribution in [-0.4, -0.2) is 33.2 Å². The molecule has 5 rings (SSSR count). The molecule has 1 aromatic heterocycles. The number of hydrogen-bond donors (Lipinski definition) is 3. The highest BCUT2D eigenvalue weighted by molar-refractivity contribution is 5.92. The Balaban J connectivity index is 1.35. The molecule has 0 atom stereocenters. The Morgan fingerprint density at radius 3 is 2.48 bits per heavy atom. The molecule has 0 radical (unpaired) electrons. The fourth-order valence-corrected chi connectivity index (χ4v) is 3.82. The van der Waals surface area contributed by atoms with E-state index in [9.17, 15) is 9.59 Å². The first kappa shape index (κ1) is 12.7. The van der Waals surface area contributed by atoms with Crippen LogP contribution in [0, 0.1) is 0 Å². The summed E-state index contributed by atoms with van der Waals surface area (Å²) in [5.41, 5.74) is -0.583. The Hall–Kier alpha value is -2.05. The minimum absolute atomic E-state index is 0.252. The van der Waals surface area contributed by atoms with Gasteiger partial charge < -0.3 is 20.2 Å². The highest BCUT2D eigenvalue weighted by Gasteiger charge is 2.69. The van der Waals surface area contributed by atoms with Crippen molar-refractivity contribution in [3.63, 3.8) is 0 Å². The van der Waals surface area contributed by atoms with Crippen molar-refractivity contribution in [1.29, 1.82) is 0 Å². The summed E-state index contributed by atoms with van der Waals surface area (Å²) in [4.78, 5) is 27.0. The Morgan fingerprint density at radius 2 is 1.90 bits per heavy atom. The zero-order valence-corrected chi connectivity index (χ0v) is 11.5. The van der Waals surface area contributed by atoms with Crippen LogP contribution in [0.5, 0.6) is 0 Å². The Bertz CT molecular complexity index is 600. The number of amides is 2. The van der Waals surface area contributed by atoms with Crippen molar-refractivity contribution in [3.8, 4) is 0 Å². The Labute approximate surface area is 121 Å². The van der Waals surface area contributed by atoms with Crippen molar-refractivity contribution in [2.45, 2.75) is 55.5 Å². The molecule has 1 heterocycles. The summed E-state index contributed by atoms with van der Waals surface area (Å²) in [6.07, 6.45) is 5.79. The van der Waals surface area contributed by atoms with Crippen LogP contribution < -0.4 is 10.6 Å². The van der Waals surface area contributed by atoms with Crippen molar-refractivity contribution < 1.29 is 19.1 Å². The second kappa shape index (κ2) is 3.99. The van der Waals surface area contributed by atoms with E-state index in [0.29, 0.717) is 31.1 Å². The lowest BCUT2D eigenvalue weighted by atomic mass is 9.44. The summed E-state index contributed by atoms with van der Waals surface area (Å²) in [6, 6.07) is 0. The number of oxazole rings is 1. The molecule has 4 aliphatic carbocycles. The van der Waals surface area contributed by atoms with Crippen molar-refractivity contribution in [3.05, 3.63) is 17.8 Å². The SMILES string of the molecule is O=C(O)NC12CC(NC(=O)c3cnc(C4CCC4)o3)(C1)C2. The van der Waals surface area contributed by atoms with E-state index in [-0.39, 0.29) is 22.7 Å². The van der Waals surface area contributed by atoms with Crippen LogP contribution in [0.4, 0.5) is 4.79 Å². The lowest BCUT2D eigenvalue weighted by Gasteiger charge is -2.69. The normalized spacial score (nSPS) is 33.3. The van der Waals surface area contributed by atoms with Gasteiger partial charge in [-0.15, -0.1) is 0 Å². The molecule has 3 N–H and O–H groups in total. The predicted octanol–water partition coefficient (Wildman–Crippen LogP) is 1.61. The maximum Gasteiger partial charge on any atom is 0.405 e. The van der Waals surface area contributed by atoms with Gasteiger partial charge in [0, 0.05) is 11.5 Å². The van der Waals surface area contributed by atoms with Gasteiger partial charge in [-0.1, -0.05) is 6.42 Å². The minimum Gasteiger partial charge on any atom is -0.465 e. The third kappa shape index (κ3) is 1.91. The highest BCUT2D eigenvalue weighted by atomic mass is 16.4. The van der Waals surface area contributed by atoms with Gasteiger partial charge in [0.1, 0.15) is 0 Å². The highest BCUT2D eigenvalue weighted by Crippen LogP contribution is 2.60. The maximum absolute atomic E-state index is 12.2. The smallest absolute Gasteiger partial charge is 0.405 e. The van der Waals surface area contributed by atoms with E-state index in [2.05, 4.69) is 15.6 Å². The average Bonchev–Trinajstić information content (AvgIpc) is 2.70. The fourth-order valence-electron chi connectivity index (χ4n) is 3.82. The molecule has 4 saturated carbocycles. The summed E-state index contributed by atoms with van der Waals surface area (Å²) in [5, 5.41) is 14.2. The van der Waals surface area contributed by atoms with Crippen LogP contribution in [0.2, 0.25) is 0 Å². The third-order valence-electron chi connectivity index (χ3n) is 4.98. The van der Waals surface area contributed by atoms with Gasteiger partial charge in [-0.2, -0.15) is 0 Å². The minimum atomic E-state index is -1.00. The van der Waals surface area contributed by atoms with E-state index < -0.39 is 6.09 Å². The molecule has 2 bridgehead atoms. The number of carbonyl (C=O) groups excluding carboxylic acids is 1. The fraction of sp³-hybridized carbons (Fsp3) is 0.643. The van der Waals surface area contributed by atoms with E-state index >= 15 is 0 Å². The number of nitrogens with zero attached hydrogens (tertiary/aromatic N) is 1. The van der Waals surface area contributed by atoms with E-state index in [1.54, 1.807) is 0 Å². The van der Waals surface area contributed by atoms with Crippen molar-refractivity contribution in [1.82, 2.24) is 15.6 Å². The van der Waals surface area contributed by atoms with Crippen LogP contribution in [0.3, 0.4) is 0 Å². The molecule has 4 fully saturated rings. The second-order valence-corrected chi connectivity index (χ2v) is 6.67. The zero-order chi connectivity index (χ0) is 14.7. The van der Waals surface area contributed by atoms with Crippen molar-refractivity contribution in [2.75, 3.05) is 0 Å². The number of carbonyl (C=O) groups is 2. The molecular formula is C14H17N3O4. The molecule has 1 aromatic rings. The molecular weight excluding hydrogens is 274 g/mol. The van der Waals surface area contributed by atoms with Crippen LogP contribution in [0.1, 0.15) is 60.9 Å². The first-order chi connectivity index (χ1) is 9.99. The number of carboxylic acid groups (broad SMARTS) is 1. The number of aromatic nitrogens is 1. The summed E-state index contributed by atoms with van der Waals surface area (Å²) >= 11 is 0. The van der Waals surface area contributed by atoms with E-state index in [1.165, 1.54) is 12.6 Å². The van der Waals surface area contributed by atoms with Gasteiger partial charge in [0.25, 0.3) is 5.91 Å². The van der Waals surface area contributed by atoms with Crippen LogP contribution in [0.25, 0.3) is 0 Å². The number of rotatable bonds is 4. The molecule has 4 aliphatic rings. The van der Waals surface area contributed by atoms with E-state index in [0.717, 1.165) is 12.8 Å². The maximum atomic E-state index is 12.2. The predicted molar refractivity (Wildman–Crippen MR) is 71.0 cm³/mol. The summed E-state index contributed by atoms with van der Waals surface area (Å²) in [6.45, 7) is 0. The lowest BCUT2D eigenvalue weighted by Crippen LogP contribution is -2.83. The quantitative estimate of drug-likeness (QED) is 0.781. The van der Waals surface area contributed by atoms with Crippen LogP contribution in [-0.2, 0) is 0 Å². The van der Waals surface area contributed by atoms with Gasteiger partial charge in [-0.3, -0.25) is 4.79 Å². The standard InChI is InChI=1S/C14H17N3O4/c18-10(9-4-15-11(21-9)8-2-1-3-8)16-13-5-14(6-13,7-13)17-12(19)20/h4,8,17H,1-3,5-7H2,(H,16,18)(H,19,20). The Morgan fingerprint density at radius 1 is 1.24 bits per heavy atom. The molecule has 7 nitrogen and oxygen atoms in total. The van der Waals surface area contributed by atoms with Gasteiger partial charge in [0.05, 0.1) is 11.7 Å². The summed E-state index contributed by atoms with van der Waals surface area (Å²) in [5.74, 6) is 1.02. The van der Waals surface area contributed by atoms with E-state index in [1.807, 2.05) is 0 Å². The Kier molecular flexibility index (Phi) is 2.41. The molecule has 0 aliphatic heterocycles. The van der Waals surface area contributed by atoms with Crippen molar-refractivity contribution in [2.24, 2.45) is 0 Å². The van der Waals surface area contributed by atoms with Gasteiger partial charge >= 0.3 is 6.09 Å². The molecule has 7 heteroatoms. The number of nitrogens with one attached hydrogen (secondary N) is 2. The molecule has 0 saturated heterocycles. The molecule has 0 spiro atoms. The average molecular weight is 291 g/mol. The van der Waals surface area contributed by atoms with Crippen LogP contribution in [0.15, 0.2) is 10.6 Å². The van der Waals surface area contributed by atoms with E-state index in [4.69, 9.17) is 9.52 Å². The molecule has 112 valence electrons. The molecule has 21 heavy (non-hydrogen) atoms. The second-order valence-electron chi connectivity index (χ2n) is 6.67. The van der Waals surface area contributed by atoms with Gasteiger partial charge in [-0.05, 0) is 32.1 Å². The monoisotopic (exact) mass is 291 g/mol. The largest absolute Gasteiger partial charge is 0.465 e. The summed E-state index contributed by atoms with van der Waals surface area (Å²) < 4.78 is 5.54. The first-order valence-corrected chi connectivity index (χ1v) is 7.29. The van der Waals surface area contributed by atoms with Gasteiger partial charge in [-0.25, -0.2) is 9.78 Å². The van der Waals surface area contributed by atoms with Crippen molar-refractivity contribution >= 4 is 12.0 Å². The van der Waals surface area contributed by atoms with Crippen LogP contribution >= 0.6 is 0 Å². The van der Waals surface area contributed by atoms with Gasteiger partial charge in [0.15, 0.2) is 5.89 Å². The molecule has 2 amide bonds. The summed E-state index contributed by atoms with van der Waals surface area (Å²) in [7, 11) is 0. The molecule has 0 aromatic carbocycles. The molecule has 0 unspecified atom stereocenters. The van der Waals surface area contributed by atoms with Gasteiger partial charge in [0.2, 0.25) is 5.76 Å². The number of hydrogen-bond acceptors (Lipinski definition) is 4. The lowest BCUT2D eigenvalue weighted by molar-refractivity contribution is -0.0920. The first-order valence-electron chi connectivity index (χ1n) is 7.29. The topological polar surface area (TPSA) is 104 Å². The third-order valence-corrected chi connectivity index (χ3v) is 4.98.